The van der Waals surface area contributed by atoms with Crippen molar-refractivity contribution in [2.45, 2.75) is 46.0 Å². The van der Waals surface area contributed by atoms with Crippen LogP contribution in [0.4, 0.5) is 0 Å². The van der Waals surface area contributed by atoms with E-state index in [1.54, 1.807) is 0 Å². The summed E-state index contributed by atoms with van der Waals surface area (Å²) in [5.41, 5.74) is -0.196. The van der Waals surface area contributed by atoms with Crippen LogP contribution in [-0.2, 0) is 9.59 Å². The minimum absolute atomic E-state index is 0.196. The Morgan fingerprint density at radius 2 is 1.81 bits per heavy atom. The van der Waals surface area contributed by atoms with Crippen LogP contribution in [0.3, 0.4) is 0 Å². The third kappa shape index (κ3) is 3.57. The highest BCUT2D eigenvalue weighted by Crippen LogP contribution is 2.33. The molecule has 2 amide bonds. The average Bonchev–Trinajstić information content (AvgIpc) is 2.83. The Morgan fingerprint density at radius 1 is 1.10 bits per heavy atom. The molecule has 0 aliphatic carbocycles. The summed E-state index contributed by atoms with van der Waals surface area (Å²) in [5, 5.41) is 3.36. The Bertz CT molecular complexity index is 378. The van der Waals surface area contributed by atoms with Gasteiger partial charge in [-0.05, 0) is 25.8 Å². The maximum absolute atomic E-state index is 13.0. The molecular weight excluding hydrogens is 266 g/mol. The van der Waals surface area contributed by atoms with Crippen LogP contribution < -0.4 is 5.32 Å². The van der Waals surface area contributed by atoms with E-state index in [-0.39, 0.29) is 11.3 Å². The lowest BCUT2D eigenvalue weighted by atomic mass is 9.81. The first kappa shape index (κ1) is 16.3. The molecule has 120 valence electrons. The summed E-state index contributed by atoms with van der Waals surface area (Å²) in [7, 11) is 0. The number of nitrogens with one attached hydrogen (secondary N) is 1. The van der Waals surface area contributed by atoms with Gasteiger partial charge in [-0.25, -0.2) is 0 Å². The molecule has 5 nitrogen and oxygen atoms in total. The monoisotopic (exact) mass is 295 g/mol. The van der Waals surface area contributed by atoms with E-state index >= 15 is 0 Å². The lowest BCUT2D eigenvalue weighted by molar-refractivity contribution is -0.142. The number of rotatable bonds is 4. The maximum Gasteiger partial charge on any atom is 0.230 e. The van der Waals surface area contributed by atoms with Crippen molar-refractivity contribution in [3.05, 3.63) is 0 Å². The zero-order valence-electron chi connectivity index (χ0n) is 13.5. The molecule has 2 aliphatic rings. The Labute approximate surface area is 128 Å². The van der Waals surface area contributed by atoms with Crippen LogP contribution in [-0.4, -0.2) is 60.9 Å². The van der Waals surface area contributed by atoms with Crippen molar-refractivity contribution in [3.63, 3.8) is 0 Å². The Hall–Kier alpha value is -1.10. The van der Waals surface area contributed by atoms with Crippen LogP contribution in [0, 0.1) is 5.41 Å². The van der Waals surface area contributed by atoms with Gasteiger partial charge in [0, 0.05) is 39.1 Å². The standard InChI is InChI=1S/C16H29N3O2/c1-3-6-16(7-8-17-13-16)15(21)19-10-5-9-18(11-12-19)14(20)4-2/h17H,3-13H2,1-2H3. The normalized spacial score (nSPS) is 26.8. The molecule has 0 spiro atoms. The lowest BCUT2D eigenvalue weighted by Gasteiger charge is -2.33. The molecule has 0 aromatic heterocycles. The largest absolute Gasteiger partial charge is 0.341 e. The summed E-state index contributed by atoms with van der Waals surface area (Å²) in [6.07, 6.45) is 4.41. The van der Waals surface area contributed by atoms with Crippen molar-refractivity contribution in [1.82, 2.24) is 15.1 Å². The Morgan fingerprint density at radius 3 is 2.43 bits per heavy atom. The zero-order chi connectivity index (χ0) is 15.3. The summed E-state index contributed by atoms with van der Waals surface area (Å²) in [6.45, 7) is 8.76. The molecule has 1 unspecified atom stereocenters. The first-order valence-corrected chi connectivity index (χ1v) is 8.41. The molecule has 2 fully saturated rings. The second kappa shape index (κ2) is 7.25. The number of nitrogens with zero attached hydrogens (tertiary/aromatic N) is 2. The van der Waals surface area contributed by atoms with E-state index in [1.165, 1.54) is 0 Å². The smallest absolute Gasteiger partial charge is 0.230 e. The minimum atomic E-state index is -0.196. The molecule has 2 saturated heterocycles. The lowest BCUT2D eigenvalue weighted by Crippen LogP contribution is -2.47. The number of carbonyl (C=O) groups is 2. The third-order valence-corrected chi connectivity index (χ3v) is 4.86. The molecule has 2 rings (SSSR count). The molecule has 0 aromatic rings. The summed E-state index contributed by atoms with van der Waals surface area (Å²) in [6, 6.07) is 0. The van der Waals surface area contributed by atoms with Gasteiger partial charge in [0.25, 0.3) is 0 Å². The van der Waals surface area contributed by atoms with Crippen LogP contribution >= 0.6 is 0 Å². The minimum Gasteiger partial charge on any atom is -0.341 e. The first-order valence-electron chi connectivity index (χ1n) is 8.41. The Kier molecular flexibility index (Phi) is 5.62. The molecular formula is C16H29N3O2. The predicted octanol–water partition coefficient (Wildman–Crippen LogP) is 1.24. The van der Waals surface area contributed by atoms with Gasteiger partial charge in [-0.3, -0.25) is 9.59 Å². The molecule has 1 atom stereocenters. The van der Waals surface area contributed by atoms with E-state index in [4.69, 9.17) is 0 Å². The van der Waals surface area contributed by atoms with Gasteiger partial charge in [0.05, 0.1) is 5.41 Å². The molecule has 0 bridgehead atoms. The fourth-order valence-corrected chi connectivity index (χ4v) is 3.65. The predicted molar refractivity (Wildman–Crippen MR) is 82.9 cm³/mol. The van der Waals surface area contributed by atoms with Gasteiger partial charge in [0.15, 0.2) is 0 Å². The number of amides is 2. The van der Waals surface area contributed by atoms with Crippen LogP contribution in [0.1, 0.15) is 46.0 Å². The fraction of sp³-hybridized carbons (Fsp3) is 0.875. The van der Waals surface area contributed by atoms with E-state index < -0.39 is 0 Å². The van der Waals surface area contributed by atoms with Crippen molar-refractivity contribution < 1.29 is 9.59 Å². The van der Waals surface area contributed by atoms with Crippen LogP contribution in [0.5, 0.6) is 0 Å². The summed E-state index contributed by atoms with van der Waals surface area (Å²) in [4.78, 5) is 28.7. The zero-order valence-corrected chi connectivity index (χ0v) is 13.5. The van der Waals surface area contributed by atoms with Crippen LogP contribution in [0.15, 0.2) is 0 Å². The van der Waals surface area contributed by atoms with Crippen molar-refractivity contribution in [2.75, 3.05) is 39.3 Å². The number of carbonyl (C=O) groups excluding carboxylic acids is 2. The van der Waals surface area contributed by atoms with E-state index in [9.17, 15) is 9.59 Å². The molecule has 0 saturated carbocycles. The van der Waals surface area contributed by atoms with Crippen molar-refractivity contribution in [3.8, 4) is 0 Å². The van der Waals surface area contributed by atoms with Gasteiger partial charge in [0.2, 0.25) is 11.8 Å². The molecule has 5 heteroatoms. The molecule has 0 aromatic carbocycles. The molecule has 2 heterocycles. The van der Waals surface area contributed by atoms with Crippen LogP contribution in [0.2, 0.25) is 0 Å². The van der Waals surface area contributed by atoms with E-state index in [0.29, 0.717) is 25.4 Å². The van der Waals surface area contributed by atoms with Crippen molar-refractivity contribution in [2.24, 2.45) is 5.41 Å². The average molecular weight is 295 g/mol. The molecule has 1 N–H and O–H groups in total. The van der Waals surface area contributed by atoms with Gasteiger partial charge in [-0.15, -0.1) is 0 Å². The second-order valence-corrected chi connectivity index (χ2v) is 6.34. The summed E-state index contributed by atoms with van der Waals surface area (Å²) < 4.78 is 0. The van der Waals surface area contributed by atoms with Gasteiger partial charge >= 0.3 is 0 Å². The van der Waals surface area contributed by atoms with Gasteiger partial charge in [-0.1, -0.05) is 20.3 Å². The fourth-order valence-electron chi connectivity index (χ4n) is 3.65. The molecule has 0 radical (unpaired) electrons. The highest BCUT2D eigenvalue weighted by atomic mass is 16.2. The molecule has 2 aliphatic heterocycles. The highest BCUT2D eigenvalue weighted by Gasteiger charge is 2.42. The van der Waals surface area contributed by atoms with Crippen molar-refractivity contribution in [1.29, 1.82) is 0 Å². The number of hydrogen-bond acceptors (Lipinski definition) is 3. The van der Waals surface area contributed by atoms with Gasteiger partial charge in [-0.2, -0.15) is 0 Å². The second-order valence-electron chi connectivity index (χ2n) is 6.34. The maximum atomic E-state index is 13.0. The molecule has 21 heavy (non-hydrogen) atoms. The van der Waals surface area contributed by atoms with Crippen LogP contribution in [0.25, 0.3) is 0 Å². The van der Waals surface area contributed by atoms with E-state index in [0.717, 1.165) is 51.9 Å². The summed E-state index contributed by atoms with van der Waals surface area (Å²) >= 11 is 0. The third-order valence-electron chi connectivity index (χ3n) is 4.86. The van der Waals surface area contributed by atoms with Gasteiger partial charge < -0.3 is 15.1 Å². The number of hydrogen-bond donors (Lipinski definition) is 1. The van der Waals surface area contributed by atoms with Crippen molar-refractivity contribution >= 4 is 11.8 Å². The first-order chi connectivity index (χ1) is 10.1. The van der Waals surface area contributed by atoms with E-state index in [2.05, 4.69) is 12.2 Å². The van der Waals surface area contributed by atoms with E-state index in [1.807, 2.05) is 16.7 Å². The topological polar surface area (TPSA) is 52.7 Å². The quantitative estimate of drug-likeness (QED) is 0.849. The van der Waals surface area contributed by atoms with Gasteiger partial charge in [0.1, 0.15) is 0 Å². The Balaban J connectivity index is 2.00. The summed E-state index contributed by atoms with van der Waals surface area (Å²) in [5.74, 6) is 0.509. The highest BCUT2D eigenvalue weighted by molar-refractivity contribution is 5.83. The SMILES string of the molecule is CCCC1(C(=O)N2CCCN(C(=O)CC)CC2)CCNC1.